The second-order valence-corrected chi connectivity index (χ2v) is 9.90. The molecule has 8 nitrogen and oxygen atoms in total. The molecule has 1 aromatic carbocycles. The van der Waals surface area contributed by atoms with Crippen molar-refractivity contribution < 1.29 is 27.4 Å². The third kappa shape index (κ3) is 7.61. The Hall–Kier alpha value is -3.76. The van der Waals surface area contributed by atoms with Crippen LogP contribution in [0.5, 0.6) is 5.75 Å². The molecule has 0 aliphatic carbocycles. The molecule has 0 bridgehead atoms. The highest BCUT2D eigenvalue weighted by Gasteiger charge is 2.32. The number of ether oxygens (including phenoxy) is 2. The lowest BCUT2D eigenvalue weighted by atomic mass is 10.0. The number of nitrogens with zero attached hydrogens (tertiary/aromatic N) is 5. The first kappa shape index (κ1) is 26.3. The van der Waals surface area contributed by atoms with Crippen molar-refractivity contribution in [3.8, 4) is 17.0 Å². The second kappa shape index (κ2) is 10.7. The molecule has 1 saturated heterocycles. The van der Waals surface area contributed by atoms with E-state index in [1.807, 2.05) is 20.8 Å². The molecule has 1 amide bonds. The third-order valence-corrected chi connectivity index (χ3v) is 5.67. The second-order valence-electron chi connectivity index (χ2n) is 9.90. The molecule has 1 aliphatic heterocycles. The van der Waals surface area contributed by atoms with E-state index in [2.05, 4.69) is 24.7 Å². The SMILES string of the molecule is CC(C)(C)OC(=O)N1CC[C@H](Cc2cncc(-c3cnc(Cc4ccccc4OC(F)(F)F)nc3)n2)C1. The van der Waals surface area contributed by atoms with Crippen molar-refractivity contribution in [2.75, 3.05) is 13.1 Å². The Bertz CT molecular complexity index is 1230. The fourth-order valence-corrected chi connectivity index (χ4v) is 4.05. The first-order valence-electron chi connectivity index (χ1n) is 11.9. The topological polar surface area (TPSA) is 90.3 Å². The van der Waals surface area contributed by atoms with Gasteiger partial charge in [-0.15, -0.1) is 13.2 Å². The molecule has 4 rings (SSSR count). The number of hydrogen-bond acceptors (Lipinski definition) is 7. The summed E-state index contributed by atoms with van der Waals surface area (Å²) in [5, 5.41) is 0. The number of halogens is 3. The molecule has 0 saturated carbocycles. The maximum Gasteiger partial charge on any atom is 0.573 e. The van der Waals surface area contributed by atoms with Crippen LogP contribution in [0.3, 0.4) is 0 Å². The van der Waals surface area contributed by atoms with Crippen LogP contribution in [-0.2, 0) is 17.6 Å². The van der Waals surface area contributed by atoms with Gasteiger partial charge in [0.05, 0.1) is 17.6 Å². The van der Waals surface area contributed by atoms with Crippen LogP contribution in [0.1, 0.15) is 44.3 Å². The third-order valence-electron chi connectivity index (χ3n) is 5.67. The van der Waals surface area contributed by atoms with E-state index in [-0.39, 0.29) is 24.2 Å². The van der Waals surface area contributed by atoms with E-state index in [1.165, 1.54) is 12.1 Å². The summed E-state index contributed by atoms with van der Waals surface area (Å²) in [6, 6.07) is 5.90. The van der Waals surface area contributed by atoms with Crippen LogP contribution in [0, 0.1) is 5.92 Å². The van der Waals surface area contributed by atoms with Crippen LogP contribution in [0.4, 0.5) is 18.0 Å². The van der Waals surface area contributed by atoms with Gasteiger partial charge in [-0.1, -0.05) is 18.2 Å². The minimum absolute atomic E-state index is 0.0775. The molecular weight excluding hydrogens is 487 g/mol. The first-order chi connectivity index (χ1) is 17.4. The highest BCUT2D eigenvalue weighted by molar-refractivity contribution is 5.68. The Kier molecular flexibility index (Phi) is 7.60. The van der Waals surface area contributed by atoms with Gasteiger partial charge in [-0.25, -0.2) is 19.7 Å². The fraction of sp³-hybridized carbons (Fsp3) is 0.423. The summed E-state index contributed by atoms with van der Waals surface area (Å²) in [7, 11) is 0. The molecule has 3 aromatic rings. The van der Waals surface area contributed by atoms with Crippen LogP contribution in [0.25, 0.3) is 11.3 Å². The normalized spacial score (nSPS) is 16.1. The molecular formula is C26H28F3N5O3. The van der Waals surface area contributed by atoms with E-state index in [0.717, 1.165) is 12.1 Å². The minimum Gasteiger partial charge on any atom is -0.444 e. The summed E-state index contributed by atoms with van der Waals surface area (Å²) in [4.78, 5) is 31.6. The molecule has 1 aliphatic rings. The Balaban J connectivity index is 1.39. The van der Waals surface area contributed by atoms with E-state index >= 15 is 0 Å². The Labute approximate surface area is 212 Å². The van der Waals surface area contributed by atoms with Crippen LogP contribution >= 0.6 is 0 Å². The average Bonchev–Trinajstić information content (AvgIpc) is 3.28. The number of hydrogen-bond donors (Lipinski definition) is 0. The van der Waals surface area contributed by atoms with Crippen LogP contribution in [0.2, 0.25) is 0 Å². The number of rotatable bonds is 6. The molecule has 0 unspecified atom stereocenters. The van der Waals surface area contributed by atoms with Gasteiger partial charge in [-0.3, -0.25) is 4.98 Å². The number of carbonyl (C=O) groups is 1. The highest BCUT2D eigenvalue weighted by Crippen LogP contribution is 2.28. The van der Waals surface area contributed by atoms with Crippen LogP contribution < -0.4 is 4.74 Å². The zero-order valence-electron chi connectivity index (χ0n) is 20.8. The van der Waals surface area contributed by atoms with Gasteiger partial charge in [-0.2, -0.15) is 0 Å². The van der Waals surface area contributed by atoms with Gasteiger partial charge >= 0.3 is 12.5 Å². The Morgan fingerprint density at radius 1 is 1.08 bits per heavy atom. The summed E-state index contributed by atoms with van der Waals surface area (Å²) >= 11 is 0. The molecule has 196 valence electrons. The standard InChI is InChI=1S/C26H28F3N5O3/c1-25(2,3)37-24(35)34-9-8-17(16-34)10-20-14-30-15-21(33-20)19-12-31-23(32-13-19)11-18-6-4-5-7-22(18)36-26(27,28)29/h4-7,12-15,17H,8-11,16H2,1-3H3/t17-/m1/s1. The molecule has 0 radical (unpaired) electrons. The van der Waals surface area contributed by atoms with E-state index in [1.54, 1.807) is 41.8 Å². The molecule has 1 atom stereocenters. The molecule has 1 fully saturated rings. The smallest absolute Gasteiger partial charge is 0.444 e. The van der Waals surface area contributed by atoms with Gasteiger partial charge in [0.25, 0.3) is 0 Å². The van der Waals surface area contributed by atoms with Gasteiger partial charge in [0.15, 0.2) is 0 Å². The van der Waals surface area contributed by atoms with Crippen molar-refractivity contribution in [2.24, 2.45) is 5.92 Å². The number of para-hydroxylation sites is 1. The molecule has 2 aromatic heterocycles. The maximum atomic E-state index is 12.7. The molecule has 11 heteroatoms. The molecule has 3 heterocycles. The number of benzene rings is 1. The van der Waals surface area contributed by atoms with Crippen molar-refractivity contribution in [3.05, 3.63) is 66.1 Å². The number of alkyl halides is 3. The van der Waals surface area contributed by atoms with Crippen molar-refractivity contribution >= 4 is 6.09 Å². The largest absolute Gasteiger partial charge is 0.573 e. The van der Waals surface area contributed by atoms with Crippen molar-refractivity contribution in [1.29, 1.82) is 0 Å². The Morgan fingerprint density at radius 2 is 1.81 bits per heavy atom. The monoisotopic (exact) mass is 515 g/mol. The lowest BCUT2D eigenvalue weighted by molar-refractivity contribution is -0.274. The summed E-state index contributed by atoms with van der Waals surface area (Å²) in [5.41, 5.74) is 1.81. The zero-order chi connectivity index (χ0) is 26.6. The molecule has 0 spiro atoms. The predicted molar refractivity (Wildman–Crippen MR) is 129 cm³/mol. The Morgan fingerprint density at radius 3 is 2.51 bits per heavy atom. The van der Waals surface area contributed by atoms with Crippen molar-refractivity contribution in [1.82, 2.24) is 24.8 Å². The van der Waals surface area contributed by atoms with E-state index in [4.69, 9.17) is 4.74 Å². The first-order valence-corrected chi connectivity index (χ1v) is 11.9. The van der Waals surface area contributed by atoms with Gasteiger partial charge in [0.2, 0.25) is 0 Å². The number of amides is 1. The van der Waals surface area contributed by atoms with E-state index in [0.29, 0.717) is 42.2 Å². The maximum absolute atomic E-state index is 12.7. The van der Waals surface area contributed by atoms with Gasteiger partial charge in [-0.05, 0) is 45.6 Å². The molecule has 37 heavy (non-hydrogen) atoms. The summed E-state index contributed by atoms with van der Waals surface area (Å²) in [6.07, 6.45) is 2.96. The van der Waals surface area contributed by atoms with Gasteiger partial charge in [0, 0.05) is 49.2 Å². The lowest BCUT2D eigenvalue weighted by Crippen LogP contribution is -2.35. The fourth-order valence-electron chi connectivity index (χ4n) is 4.05. The predicted octanol–water partition coefficient (Wildman–Crippen LogP) is 5.22. The molecule has 0 N–H and O–H groups in total. The van der Waals surface area contributed by atoms with Crippen LogP contribution in [-0.4, -0.2) is 56.0 Å². The number of aromatic nitrogens is 4. The quantitative estimate of drug-likeness (QED) is 0.444. The number of likely N-dealkylation sites (tertiary alicyclic amines) is 1. The summed E-state index contributed by atoms with van der Waals surface area (Å²) < 4.78 is 47.6. The van der Waals surface area contributed by atoms with E-state index < -0.39 is 12.0 Å². The van der Waals surface area contributed by atoms with E-state index in [9.17, 15) is 18.0 Å². The van der Waals surface area contributed by atoms with Crippen molar-refractivity contribution in [2.45, 2.75) is 52.0 Å². The van der Waals surface area contributed by atoms with Crippen LogP contribution in [0.15, 0.2) is 49.1 Å². The summed E-state index contributed by atoms with van der Waals surface area (Å²) in [5.74, 6) is 0.312. The van der Waals surface area contributed by atoms with Crippen molar-refractivity contribution in [3.63, 3.8) is 0 Å². The minimum atomic E-state index is -4.78. The van der Waals surface area contributed by atoms with Gasteiger partial charge < -0.3 is 14.4 Å². The highest BCUT2D eigenvalue weighted by atomic mass is 19.4. The number of carbonyl (C=O) groups excluding carboxylic acids is 1. The zero-order valence-corrected chi connectivity index (χ0v) is 20.8. The van der Waals surface area contributed by atoms with Gasteiger partial charge in [0.1, 0.15) is 17.2 Å². The summed E-state index contributed by atoms with van der Waals surface area (Å²) in [6.45, 7) is 6.77. The lowest BCUT2D eigenvalue weighted by Gasteiger charge is -2.24. The average molecular weight is 516 g/mol.